The van der Waals surface area contributed by atoms with Gasteiger partial charge < -0.3 is 13.7 Å². The van der Waals surface area contributed by atoms with Gasteiger partial charge in [0.15, 0.2) is 0 Å². The van der Waals surface area contributed by atoms with Crippen LogP contribution in [0, 0.1) is 5.82 Å². The average molecular weight is 1020 g/mol. The smallest absolute Gasteiger partial charge is 0.252 e. The average Bonchev–Trinajstić information content (AvgIpc) is 1.96. The molecule has 7 heterocycles. The largest absolute Gasteiger partial charge is 0.311 e. The summed E-state index contributed by atoms with van der Waals surface area (Å²) < 4.78 is 26.1. The maximum Gasteiger partial charge on any atom is 0.252 e. The van der Waals surface area contributed by atoms with Crippen molar-refractivity contribution in [3.8, 4) is 28.2 Å². The number of hydrogen-bond acceptors (Lipinski definition) is 0. The van der Waals surface area contributed by atoms with E-state index in [0.717, 1.165) is 28.0 Å². The summed E-state index contributed by atoms with van der Waals surface area (Å²) in [5.41, 5.74) is 27.7. The van der Waals surface area contributed by atoms with Crippen molar-refractivity contribution in [1.82, 2.24) is 13.7 Å². The first-order chi connectivity index (χ1) is 36.4. The van der Waals surface area contributed by atoms with Crippen LogP contribution in [0.5, 0.6) is 0 Å². The third-order valence-corrected chi connectivity index (χ3v) is 19.1. The Morgan fingerprint density at radius 1 is 0.321 bits per heavy atom. The lowest BCUT2D eigenvalue weighted by Crippen LogP contribution is -2.67. The van der Waals surface area contributed by atoms with Gasteiger partial charge in [0, 0.05) is 71.2 Å². The summed E-state index contributed by atoms with van der Waals surface area (Å²) in [5.74, 6) is -0.207. The zero-order valence-corrected chi connectivity index (χ0v) is 49.3. The zero-order chi connectivity index (χ0) is 54.9. The summed E-state index contributed by atoms with van der Waals surface area (Å²) in [5, 5.41) is 7.69. The number of nitrogens with zero attached hydrogens (tertiary/aromatic N) is 3. The van der Waals surface area contributed by atoms with Gasteiger partial charge in [-0.1, -0.05) is 179 Å². The first-order valence-corrected chi connectivity index (χ1v) is 28.9. The Kier molecular flexibility index (Phi) is 9.00. The van der Waals surface area contributed by atoms with E-state index in [1.807, 2.05) is 6.07 Å². The molecule has 6 heteroatoms. The molecule has 78 heavy (non-hydrogen) atoms. The maximum atomic E-state index is 18.1. The first kappa shape index (κ1) is 48.4. The van der Waals surface area contributed by atoms with Gasteiger partial charge in [0.1, 0.15) is 5.82 Å². The summed E-state index contributed by atoms with van der Waals surface area (Å²) in [6.07, 6.45) is 0. The van der Waals surface area contributed by atoms with Crippen LogP contribution in [0.15, 0.2) is 109 Å². The number of hydrogen-bond donors (Lipinski definition) is 0. The van der Waals surface area contributed by atoms with Gasteiger partial charge in [0.05, 0.1) is 22.4 Å². The molecule has 0 atom stereocenters. The van der Waals surface area contributed by atoms with Gasteiger partial charge >= 0.3 is 0 Å². The van der Waals surface area contributed by atoms with E-state index in [1.165, 1.54) is 126 Å². The van der Waals surface area contributed by atoms with E-state index in [4.69, 9.17) is 0 Å². The lowest BCUT2D eigenvalue weighted by atomic mass is 9.29. The second-order valence-corrected chi connectivity index (χ2v) is 30.4. The lowest BCUT2D eigenvalue weighted by Gasteiger charge is -2.43. The molecule has 388 valence electrons. The molecule has 4 aliphatic heterocycles. The zero-order valence-electron chi connectivity index (χ0n) is 49.3. The van der Waals surface area contributed by atoms with Crippen molar-refractivity contribution in [3.05, 3.63) is 148 Å². The van der Waals surface area contributed by atoms with Gasteiger partial charge in [0.2, 0.25) is 0 Å². The lowest BCUT2D eigenvalue weighted by molar-refractivity contribution is 0.590. The molecule has 0 saturated heterocycles. The van der Waals surface area contributed by atoms with E-state index in [1.54, 1.807) is 6.07 Å². The van der Waals surface area contributed by atoms with Gasteiger partial charge in [-0.2, -0.15) is 0 Å². The molecule has 0 N–H and O–H groups in total. The van der Waals surface area contributed by atoms with E-state index in [-0.39, 0.29) is 51.7 Å². The highest BCUT2D eigenvalue weighted by atomic mass is 19.1. The fraction of sp³-hybridized carbons (Fsp3) is 0.333. The Hall–Kier alpha value is -6.78. The summed E-state index contributed by atoms with van der Waals surface area (Å²) in [6.45, 7) is 42.2. The van der Waals surface area contributed by atoms with Crippen molar-refractivity contribution in [3.63, 3.8) is 0 Å². The van der Waals surface area contributed by atoms with E-state index < -0.39 is 0 Å². The van der Waals surface area contributed by atoms with Crippen molar-refractivity contribution in [2.75, 3.05) is 0 Å². The predicted octanol–water partition coefficient (Wildman–Crippen LogP) is 14.9. The third kappa shape index (κ3) is 6.08. The maximum absolute atomic E-state index is 18.1. The monoisotopic (exact) mass is 1020 g/mol. The van der Waals surface area contributed by atoms with E-state index in [0.29, 0.717) is 5.56 Å². The van der Waals surface area contributed by atoms with Gasteiger partial charge in [-0.15, -0.1) is 0 Å². The Balaban J connectivity index is 1.29. The molecule has 0 unspecified atom stereocenters. The highest BCUT2D eigenvalue weighted by Gasteiger charge is 2.52. The predicted molar refractivity (Wildman–Crippen MR) is 336 cm³/mol. The van der Waals surface area contributed by atoms with Crippen molar-refractivity contribution < 1.29 is 4.39 Å². The molecule has 8 aromatic carbocycles. The van der Waals surface area contributed by atoms with Crippen LogP contribution in [-0.2, 0) is 32.5 Å². The van der Waals surface area contributed by atoms with Gasteiger partial charge in [-0.25, -0.2) is 4.39 Å². The van der Waals surface area contributed by atoms with E-state index >= 15 is 4.39 Å². The Bertz CT molecular complexity index is 4360. The van der Waals surface area contributed by atoms with E-state index in [9.17, 15) is 0 Å². The minimum atomic E-state index is -0.207. The molecule has 0 aliphatic carbocycles. The summed E-state index contributed by atoms with van der Waals surface area (Å²) >= 11 is 0. The highest BCUT2D eigenvalue weighted by molar-refractivity contribution is 7.04. The Morgan fingerprint density at radius 2 is 0.628 bits per heavy atom. The van der Waals surface area contributed by atoms with Crippen LogP contribution in [0.3, 0.4) is 0 Å². The van der Waals surface area contributed by atoms with Gasteiger partial charge in [-0.05, 0) is 153 Å². The molecular formula is C72H72B2FN3. The molecule has 0 bridgehead atoms. The first-order valence-electron chi connectivity index (χ1n) is 28.9. The summed E-state index contributed by atoms with van der Waals surface area (Å²) in [4.78, 5) is 0. The van der Waals surface area contributed by atoms with Crippen LogP contribution < -0.4 is 32.8 Å². The van der Waals surface area contributed by atoms with Crippen LogP contribution in [-0.4, -0.2) is 27.1 Å². The van der Waals surface area contributed by atoms with Crippen LogP contribution in [0.1, 0.15) is 158 Å². The Labute approximate surface area is 461 Å². The van der Waals surface area contributed by atoms with Crippen molar-refractivity contribution in [1.29, 1.82) is 0 Å². The minimum Gasteiger partial charge on any atom is -0.311 e. The van der Waals surface area contributed by atoms with E-state index in [2.05, 4.69) is 235 Å². The standard InChI is InChI=1S/C72H72B2FN3/c1-67(2,3)37-23-25-55-44(27-37)46-29-39(69(7,8)9)33-50-60(46)76(55)64-57(43-21-19-20-22-54(43)75)65-59-66-58(64)73(50)52-35-41(71(13,14)15)31-48-49-32-42(72(16,17)18)36-53(63(49)78(66)62(48)52)74(59)51-34-40(70(10,11)12)30-47-45-28-38(68(4,5)6)24-26-56(45)77(65)61(47)51/h19-36H,1-18H3. The number of aromatic nitrogens is 3. The topological polar surface area (TPSA) is 14.8 Å². The molecule has 0 amide bonds. The molecule has 3 nitrogen and oxygen atoms in total. The third-order valence-electron chi connectivity index (χ3n) is 19.1. The number of halogens is 1. The number of fused-ring (bicyclic) bond motifs is 13. The fourth-order valence-corrected chi connectivity index (χ4v) is 14.8. The molecule has 4 aliphatic rings. The Morgan fingerprint density at radius 3 is 0.962 bits per heavy atom. The summed E-state index contributed by atoms with van der Waals surface area (Å²) in [7, 11) is 0. The highest BCUT2D eigenvalue weighted by Crippen LogP contribution is 2.50. The quantitative estimate of drug-likeness (QED) is 0.146. The molecule has 3 aromatic heterocycles. The van der Waals surface area contributed by atoms with Crippen molar-refractivity contribution >= 4 is 112 Å². The van der Waals surface area contributed by atoms with Crippen LogP contribution in [0.2, 0.25) is 0 Å². The molecule has 15 rings (SSSR count). The normalized spacial score (nSPS) is 14.8. The van der Waals surface area contributed by atoms with Crippen LogP contribution >= 0.6 is 0 Å². The van der Waals surface area contributed by atoms with Gasteiger partial charge in [-0.3, -0.25) is 0 Å². The minimum absolute atomic E-state index is 0.0741. The molecule has 0 spiro atoms. The molecule has 11 aromatic rings. The molecule has 0 fully saturated rings. The number of rotatable bonds is 1. The fourth-order valence-electron chi connectivity index (χ4n) is 14.8. The van der Waals surface area contributed by atoms with Crippen molar-refractivity contribution in [2.24, 2.45) is 0 Å². The number of benzene rings is 8. The second kappa shape index (κ2) is 14.5. The molecule has 0 radical (unpaired) electrons. The van der Waals surface area contributed by atoms with Crippen LogP contribution in [0.25, 0.3) is 93.6 Å². The van der Waals surface area contributed by atoms with Crippen molar-refractivity contribution in [2.45, 2.75) is 157 Å². The second-order valence-electron chi connectivity index (χ2n) is 30.4. The van der Waals surface area contributed by atoms with Gasteiger partial charge in [0.25, 0.3) is 13.4 Å². The molecular weight excluding hydrogens is 947 g/mol. The summed E-state index contributed by atoms with van der Waals surface area (Å²) in [6, 6.07) is 42.7. The van der Waals surface area contributed by atoms with Crippen LogP contribution in [0.4, 0.5) is 4.39 Å². The molecule has 0 saturated carbocycles. The SMILES string of the molecule is CC(C)(C)c1ccc2c(c1)c1cc(C(C)(C)C)cc3c1n2-c1c2c4c5c(c1-c1ccccc1F)-n1c6ccc(C(C)(C)C)cc6c6cc(C(C)(C)C)cc(c61)B5c1cc(C(C)(C)C)cc5c6cc(C(C)(C)C)cc(c6n-4c15)B23.